The van der Waals surface area contributed by atoms with E-state index in [-0.39, 0.29) is 16.3 Å². The van der Waals surface area contributed by atoms with E-state index in [1.54, 1.807) is 0 Å². The Hall–Kier alpha value is -0.870. The van der Waals surface area contributed by atoms with Gasteiger partial charge in [-0.15, -0.1) is 0 Å². The Morgan fingerprint density at radius 3 is 2.50 bits per heavy atom. The van der Waals surface area contributed by atoms with Gasteiger partial charge in [0.15, 0.2) is 5.82 Å². The van der Waals surface area contributed by atoms with Crippen LogP contribution in [-0.2, 0) is 0 Å². The number of hydrogen-bond acceptors (Lipinski definition) is 2. The van der Waals surface area contributed by atoms with Crippen molar-refractivity contribution in [1.29, 1.82) is 0 Å². The fraction of sp³-hybridized carbons (Fsp3) is 0.333. The van der Waals surface area contributed by atoms with Gasteiger partial charge in [-0.1, -0.05) is 11.6 Å². The Morgan fingerprint density at radius 2 is 2.07 bits per heavy atom. The summed E-state index contributed by atoms with van der Waals surface area (Å²) in [5.74, 6) is -1.65. The van der Waals surface area contributed by atoms with Gasteiger partial charge in [0, 0.05) is 17.7 Å². The Kier molecular flexibility index (Phi) is 3.29. The summed E-state index contributed by atoms with van der Waals surface area (Å²) in [5.41, 5.74) is 5.17. The standard InChI is InChI=1S/C9H10ClF2NO/c1-4(13)7-5(11)3-6(14-2)8(10)9(7)12/h3-4H,13H2,1-2H3. The third-order valence-electron chi connectivity index (χ3n) is 1.84. The normalized spacial score (nSPS) is 12.7. The molecule has 0 aromatic heterocycles. The van der Waals surface area contributed by atoms with Crippen molar-refractivity contribution in [3.63, 3.8) is 0 Å². The smallest absolute Gasteiger partial charge is 0.153 e. The van der Waals surface area contributed by atoms with E-state index in [0.717, 1.165) is 6.07 Å². The number of methoxy groups -OCH3 is 1. The molecule has 0 saturated carbocycles. The van der Waals surface area contributed by atoms with Crippen molar-refractivity contribution in [3.05, 3.63) is 28.3 Å². The molecule has 0 saturated heterocycles. The van der Waals surface area contributed by atoms with Gasteiger partial charge in [-0.2, -0.15) is 0 Å². The zero-order valence-electron chi connectivity index (χ0n) is 7.77. The minimum atomic E-state index is -0.862. The van der Waals surface area contributed by atoms with Gasteiger partial charge in [-0.05, 0) is 6.92 Å². The van der Waals surface area contributed by atoms with Crippen LogP contribution < -0.4 is 10.5 Å². The summed E-state index contributed by atoms with van der Waals surface area (Å²) in [6, 6.07) is 0.266. The van der Waals surface area contributed by atoms with Crippen LogP contribution in [0.1, 0.15) is 18.5 Å². The highest BCUT2D eigenvalue weighted by Gasteiger charge is 2.20. The molecule has 0 amide bonds. The second-order valence-corrected chi connectivity index (χ2v) is 3.27. The predicted molar refractivity (Wildman–Crippen MR) is 50.5 cm³/mol. The third kappa shape index (κ3) is 1.81. The van der Waals surface area contributed by atoms with E-state index in [2.05, 4.69) is 4.74 Å². The van der Waals surface area contributed by atoms with Gasteiger partial charge in [0.2, 0.25) is 0 Å². The van der Waals surface area contributed by atoms with Crippen molar-refractivity contribution in [3.8, 4) is 5.75 Å². The molecule has 0 aliphatic rings. The van der Waals surface area contributed by atoms with Crippen LogP contribution in [0.25, 0.3) is 0 Å². The van der Waals surface area contributed by atoms with Crippen LogP contribution in [0, 0.1) is 11.6 Å². The molecule has 1 unspecified atom stereocenters. The summed E-state index contributed by atoms with van der Waals surface area (Å²) in [4.78, 5) is 0. The average Bonchev–Trinajstić information content (AvgIpc) is 2.10. The number of benzene rings is 1. The molecule has 0 bridgehead atoms. The molecule has 1 aromatic carbocycles. The molecule has 0 radical (unpaired) electrons. The first-order valence-electron chi connectivity index (χ1n) is 3.96. The van der Waals surface area contributed by atoms with Crippen LogP contribution in [0.3, 0.4) is 0 Å². The molecule has 1 atom stereocenters. The third-order valence-corrected chi connectivity index (χ3v) is 2.19. The lowest BCUT2D eigenvalue weighted by molar-refractivity contribution is 0.404. The molecule has 0 heterocycles. The number of halogens is 3. The lowest BCUT2D eigenvalue weighted by Gasteiger charge is -2.12. The summed E-state index contributed by atoms with van der Waals surface area (Å²) in [5, 5.41) is -0.249. The van der Waals surface area contributed by atoms with Crippen LogP contribution >= 0.6 is 11.6 Å². The molecule has 0 spiro atoms. The maximum atomic E-state index is 13.4. The summed E-state index contributed by atoms with van der Waals surface area (Å²) < 4.78 is 31.4. The highest BCUT2D eigenvalue weighted by Crippen LogP contribution is 2.33. The van der Waals surface area contributed by atoms with Crippen molar-refractivity contribution >= 4 is 11.6 Å². The van der Waals surface area contributed by atoms with Gasteiger partial charge in [-0.25, -0.2) is 8.78 Å². The van der Waals surface area contributed by atoms with E-state index in [9.17, 15) is 8.78 Å². The summed E-state index contributed by atoms with van der Waals surface area (Å²) in [7, 11) is 1.28. The molecule has 0 fully saturated rings. The minimum absolute atomic E-state index is 0.0360. The first-order valence-corrected chi connectivity index (χ1v) is 4.33. The van der Waals surface area contributed by atoms with Crippen LogP contribution in [0.4, 0.5) is 8.78 Å². The number of hydrogen-bond donors (Lipinski definition) is 1. The molecule has 0 aliphatic heterocycles. The predicted octanol–water partition coefficient (Wildman–Crippen LogP) is 2.65. The fourth-order valence-corrected chi connectivity index (χ4v) is 1.39. The quantitative estimate of drug-likeness (QED) is 0.780. The zero-order chi connectivity index (χ0) is 10.9. The van der Waals surface area contributed by atoms with E-state index < -0.39 is 17.7 Å². The topological polar surface area (TPSA) is 35.2 Å². The van der Waals surface area contributed by atoms with E-state index in [0.29, 0.717) is 0 Å². The molecule has 5 heteroatoms. The lowest BCUT2D eigenvalue weighted by atomic mass is 10.1. The number of nitrogens with two attached hydrogens (primary N) is 1. The zero-order valence-corrected chi connectivity index (χ0v) is 8.53. The number of rotatable bonds is 2. The van der Waals surface area contributed by atoms with Crippen LogP contribution in [-0.4, -0.2) is 7.11 Å². The van der Waals surface area contributed by atoms with Gasteiger partial charge in [-0.3, -0.25) is 0 Å². The molecule has 0 aliphatic carbocycles. The molecule has 1 rings (SSSR count). The van der Waals surface area contributed by atoms with E-state index in [1.165, 1.54) is 14.0 Å². The maximum Gasteiger partial charge on any atom is 0.153 e. The highest BCUT2D eigenvalue weighted by atomic mass is 35.5. The monoisotopic (exact) mass is 221 g/mol. The maximum absolute atomic E-state index is 13.4. The SMILES string of the molecule is COc1cc(F)c(C(C)N)c(F)c1Cl. The van der Waals surface area contributed by atoms with E-state index in [4.69, 9.17) is 17.3 Å². The molecule has 2 N–H and O–H groups in total. The second-order valence-electron chi connectivity index (χ2n) is 2.89. The molecule has 1 aromatic rings. The summed E-state index contributed by atoms with van der Waals surface area (Å²) in [6.07, 6.45) is 0. The van der Waals surface area contributed by atoms with Crippen molar-refractivity contribution in [2.24, 2.45) is 5.73 Å². The Morgan fingerprint density at radius 1 is 1.50 bits per heavy atom. The molecule has 14 heavy (non-hydrogen) atoms. The van der Waals surface area contributed by atoms with Gasteiger partial charge in [0.25, 0.3) is 0 Å². The molecule has 2 nitrogen and oxygen atoms in total. The largest absolute Gasteiger partial charge is 0.495 e. The highest BCUT2D eigenvalue weighted by molar-refractivity contribution is 6.32. The van der Waals surface area contributed by atoms with Crippen molar-refractivity contribution in [2.45, 2.75) is 13.0 Å². The lowest BCUT2D eigenvalue weighted by Crippen LogP contribution is -2.11. The molecular formula is C9H10ClF2NO. The van der Waals surface area contributed by atoms with Crippen molar-refractivity contribution < 1.29 is 13.5 Å². The summed E-state index contributed by atoms with van der Waals surface area (Å²) in [6.45, 7) is 1.48. The fourth-order valence-electron chi connectivity index (χ4n) is 1.15. The van der Waals surface area contributed by atoms with Gasteiger partial charge >= 0.3 is 0 Å². The van der Waals surface area contributed by atoms with Gasteiger partial charge in [0.1, 0.15) is 16.6 Å². The first-order chi connectivity index (χ1) is 6.49. The van der Waals surface area contributed by atoms with Crippen molar-refractivity contribution in [2.75, 3.05) is 7.11 Å². The van der Waals surface area contributed by atoms with E-state index >= 15 is 0 Å². The van der Waals surface area contributed by atoms with Crippen molar-refractivity contribution in [1.82, 2.24) is 0 Å². The van der Waals surface area contributed by atoms with Crippen LogP contribution in [0.15, 0.2) is 6.07 Å². The van der Waals surface area contributed by atoms with Gasteiger partial charge < -0.3 is 10.5 Å². The molecular weight excluding hydrogens is 212 g/mol. The Bertz CT molecular complexity index is 355. The minimum Gasteiger partial charge on any atom is -0.495 e. The second kappa shape index (κ2) is 4.11. The molecule has 78 valence electrons. The van der Waals surface area contributed by atoms with E-state index in [1.807, 2.05) is 0 Å². The number of ether oxygens (including phenoxy) is 1. The first kappa shape index (κ1) is 11.2. The Labute approximate surface area is 85.6 Å². The Balaban J connectivity index is 3.41. The van der Waals surface area contributed by atoms with Crippen LogP contribution in [0.2, 0.25) is 5.02 Å². The summed E-state index contributed by atoms with van der Waals surface area (Å²) >= 11 is 5.59. The average molecular weight is 222 g/mol. The van der Waals surface area contributed by atoms with Crippen LogP contribution in [0.5, 0.6) is 5.75 Å². The van der Waals surface area contributed by atoms with Gasteiger partial charge in [0.05, 0.1) is 7.11 Å².